The van der Waals surface area contributed by atoms with Crippen LogP contribution in [0, 0.1) is 12.8 Å². The molecule has 15 nitrogen and oxygen atoms in total. The topological polar surface area (TPSA) is 229 Å². The first kappa shape index (κ1) is 42.9. The second-order valence-corrected chi connectivity index (χ2v) is 13.8. The number of likely N-dealkylation sites (tertiary alicyclic amines) is 1. The Bertz CT molecular complexity index is 1630. The summed E-state index contributed by atoms with van der Waals surface area (Å²) in [6.45, 7) is 7.79. The number of rotatable bonds is 20. The molecule has 8 N–H and O–H groups in total. The number of urea groups is 1. The van der Waals surface area contributed by atoms with Crippen molar-refractivity contribution in [3.8, 4) is 0 Å². The summed E-state index contributed by atoms with van der Waals surface area (Å²) >= 11 is 0. The van der Waals surface area contributed by atoms with Gasteiger partial charge in [-0.15, -0.1) is 0 Å². The van der Waals surface area contributed by atoms with Crippen LogP contribution in [0.25, 0.3) is 0 Å². The molecular formula is C39H55N7O8. The Morgan fingerprint density at radius 3 is 2.15 bits per heavy atom. The van der Waals surface area contributed by atoms with E-state index in [1.165, 1.54) is 4.90 Å². The van der Waals surface area contributed by atoms with Gasteiger partial charge in [-0.3, -0.25) is 28.8 Å². The zero-order valence-corrected chi connectivity index (χ0v) is 31.6. The fourth-order valence-electron chi connectivity index (χ4n) is 6.25. The maximum Gasteiger partial charge on any atom is 0.323 e. The molecule has 5 atom stereocenters. The van der Waals surface area contributed by atoms with Crippen molar-refractivity contribution in [1.82, 2.24) is 20.9 Å². The normalized spacial score (nSPS) is 15.9. The van der Waals surface area contributed by atoms with Gasteiger partial charge in [-0.1, -0.05) is 70.4 Å². The molecule has 15 heteroatoms. The number of carboxylic acids is 1. The van der Waals surface area contributed by atoms with E-state index in [0.717, 1.165) is 12.0 Å². The van der Waals surface area contributed by atoms with E-state index in [-0.39, 0.29) is 38.0 Å². The van der Waals surface area contributed by atoms with E-state index >= 15 is 0 Å². The number of primary amides is 1. The van der Waals surface area contributed by atoms with Crippen molar-refractivity contribution in [2.75, 3.05) is 17.2 Å². The van der Waals surface area contributed by atoms with Crippen molar-refractivity contribution in [1.29, 1.82) is 0 Å². The van der Waals surface area contributed by atoms with Crippen molar-refractivity contribution < 1.29 is 38.7 Å². The van der Waals surface area contributed by atoms with Gasteiger partial charge in [0.2, 0.25) is 29.5 Å². The van der Waals surface area contributed by atoms with Crippen LogP contribution < -0.4 is 32.3 Å². The summed E-state index contributed by atoms with van der Waals surface area (Å²) in [5.74, 6) is -4.20. The van der Waals surface area contributed by atoms with Crippen LogP contribution in [-0.4, -0.2) is 82.3 Å². The number of nitrogens with one attached hydrogen (secondary N) is 5. The molecule has 2 aromatic rings. The highest BCUT2D eigenvalue weighted by atomic mass is 16.4. The van der Waals surface area contributed by atoms with Gasteiger partial charge in [0.05, 0.1) is 6.42 Å². The Hall–Kier alpha value is -5.47. The van der Waals surface area contributed by atoms with Gasteiger partial charge in [0.1, 0.15) is 24.2 Å². The molecule has 0 aliphatic carbocycles. The van der Waals surface area contributed by atoms with Crippen molar-refractivity contribution in [2.45, 2.75) is 116 Å². The van der Waals surface area contributed by atoms with Gasteiger partial charge in [0.15, 0.2) is 0 Å². The smallest absolute Gasteiger partial charge is 0.323 e. The van der Waals surface area contributed by atoms with E-state index in [4.69, 9.17) is 5.73 Å². The predicted molar refractivity (Wildman–Crippen MR) is 204 cm³/mol. The number of aryl methyl sites for hydroxylation is 1. The van der Waals surface area contributed by atoms with Crippen LogP contribution in [0.5, 0.6) is 0 Å². The lowest BCUT2D eigenvalue weighted by atomic mass is 9.96. The lowest BCUT2D eigenvalue weighted by Gasteiger charge is -2.32. The quantitative estimate of drug-likeness (QED) is 0.106. The van der Waals surface area contributed by atoms with E-state index < -0.39 is 65.7 Å². The van der Waals surface area contributed by atoms with Crippen LogP contribution in [0.2, 0.25) is 0 Å². The summed E-state index contributed by atoms with van der Waals surface area (Å²) in [7, 11) is 0. The minimum Gasteiger partial charge on any atom is -0.481 e. The molecule has 1 aliphatic rings. The number of unbranched alkanes of at least 4 members (excludes halogenated alkanes) is 1. The van der Waals surface area contributed by atoms with E-state index in [1.54, 1.807) is 37.3 Å². The van der Waals surface area contributed by atoms with Gasteiger partial charge in [0.25, 0.3) is 0 Å². The molecule has 1 heterocycles. The molecule has 0 radical (unpaired) electrons. The minimum atomic E-state index is -1.20. The molecule has 0 spiro atoms. The average Bonchev–Trinajstić information content (AvgIpc) is 3.63. The lowest BCUT2D eigenvalue weighted by molar-refractivity contribution is -0.142. The number of hydrogen-bond donors (Lipinski definition) is 7. The van der Waals surface area contributed by atoms with Crippen LogP contribution in [-0.2, 0) is 35.2 Å². The predicted octanol–water partition coefficient (Wildman–Crippen LogP) is 3.60. The zero-order chi connectivity index (χ0) is 39.8. The van der Waals surface area contributed by atoms with Gasteiger partial charge < -0.3 is 42.3 Å². The number of nitrogens with two attached hydrogens (primary N) is 1. The van der Waals surface area contributed by atoms with Crippen LogP contribution in [0.15, 0.2) is 48.5 Å². The van der Waals surface area contributed by atoms with E-state index in [2.05, 4.69) is 26.6 Å². The number of carboxylic acid groups (broad SMARTS) is 1. The van der Waals surface area contributed by atoms with Crippen LogP contribution >= 0.6 is 0 Å². The van der Waals surface area contributed by atoms with E-state index in [1.807, 2.05) is 39.0 Å². The molecule has 2 aromatic carbocycles. The molecule has 1 fully saturated rings. The van der Waals surface area contributed by atoms with Gasteiger partial charge in [-0.2, -0.15) is 0 Å². The van der Waals surface area contributed by atoms with E-state index in [9.17, 15) is 38.7 Å². The first-order valence-electron chi connectivity index (χ1n) is 18.7. The Kier molecular flexibility index (Phi) is 16.9. The highest BCUT2D eigenvalue weighted by Crippen LogP contribution is 2.22. The fourth-order valence-corrected chi connectivity index (χ4v) is 6.25. The van der Waals surface area contributed by atoms with Crippen LogP contribution in [0.1, 0.15) is 89.7 Å². The maximum atomic E-state index is 13.8. The number of benzene rings is 2. The van der Waals surface area contributed by atoms with Gasteiger partial charge >= 0.3 is 12.0 Å². The average molecular weight is 750 g/mol. The third-order valence-corrected chi connectivity index (χ3v) is 9.63. The zero-order valence-electron chi connectivity index (χ0n) is 31.6. The van der Waals surface area contributed by atoms with Gasteiger partial charge in [-0.05, 0) is 74.3 Å². The SMILES string of the molecule is CCCC[C@H](NC(=O)Cc1ccc(NC(=O)Nc2ccccc2C)cc1)C(=O)N[C@@H](CCCC(=O)O)C(=O)N[C@H](C(=O)N1CCC[C@H]1C(N)=O)C(C)CC. The molecule has 1 saturated heterocycles. The molecule has 0 aromatic heterocycles. The third kappa shape index (κ3) is 13.2. The second kappa shape index (κ2) is 21.3. The maximum absolute atomic E-state index is 13.8. The molecule has 1 aliphatic heterocycles. The van der Waals surface area contributed by atoms with Crippen molar-refractivity contribution in [3.05, 3.63) is 59.7 Å². The number of aliphatic carboxylic acids is 1. The lowest BCUT2D eigenvalue weighted by Crippen LogP contribution is -2.59. The highest BCUT2D eigenvalue weighted by molar-refractivity contribution is 6.00. The number of para-hydroxylation sites is 1. The summed E-state index contributed by atoms with van der Waals surface area (Å²) in [6.07, 6.45) is 2.89. The fraction of sp³-hybridized carbons (Fsp3) is 0.513. The number of anilines is 2. The molecule has 0 saturated carbocycles. The molecule has 0 bridgehead atoms. The van der Waals surface area contributed by atoms with Crippen LogP contribution in [0.4, 0.5) is 16.2 Å². The first-order chi connectivity index (χ1) is 25.7. The summed E-state index contributed by atoms with van der Waals surface area (Å²) in [5.41, 5.74) is 8.29. The Labute approximate surface area is 316 Å². The first-order valence-corrected chi connectivity index (χ1v) is 18.7. The van der Waals surface area contributed by atoms with Crippen molar-refractivity contribution in [2.24, 2.45) is 11.7 Å². The number of amides is 7. The molecule has 3 rings (SSSR count). The second-order valence-electron chi connectivity index (χ2n) is 13.8. The summed E-state index contributed by atoms with van der Waals surface area (Å²) in [6, 6.07) is 9.68. The monoisotopic (exact) mass is 749 g/mol. The standard InChI is InChI=1S/C39H55N7O8/c1-5-7-13-29(42-32(47)23-26-18-20-27(21-19-26)41-39(54)44-28-14-9-8-12-25(28)4)36(51)43-30(15-10-17-33(48)49)37(52)45-34(24(3)6-2)38(53)46-22-11-16-31(46)35(40)50/h8-9,12,14,18-21,24,29-31,34H,5-7,10-11,13,15-17,22-23H2,1-4H3,(H2,40,50)(H,42,47)(H,43,51)(H,45,52)(H,48,49)(H2,41,44,54)/t24?,29-,30-,31-,34-/m0/s1. The van der Waals surface area contributed by atoms with Crippen molar-refractivity contribution in [3.63, 3.8) is 0 Å². The Balaban J connectivity index is 1.69. The Morgan fingerprint density at radius 2 is 1.52 bits per heavy atom. The van der Waals surface area contributed by atoms with E-state index in [0.29, 0.717) is 49.2 Å². The molecule has 1 unspecified atom stereocenters. The molecular weight excluding hydrogens is 694 g/mol. The molecule has 54 heavy (non-hydrogen) atoms. The molecule has 7 amide bonds. The summed E-state index contributed by atoms with van der Waals surface area (Å²) in [5, 5.41) is 23.0. The number of nitrogens with zero attached hydrogens (tertiary/aromatic N) is 1. The number of carbonyl (C=O) groups excluding carboxylic acids is 6. The minimum absolute atomic E-state index is 0.0310. The van der Waals surface area contributed by atoms with Gasteiger partial charge in [-0.25, -0.2) is 4.79 Å². The largest absolute Gasteiger partial charge is 0.481 e. The van der Waals surface area contributed by atoms with Crippen molar-refractivity contribution >= 4 is 52.9 Å². The highest BCUT2D eigenvalue weighted by Gasteiger charge is 2.39. The number of carbonyl (C=O) groups is 7. The third-order valence-electron chi connectivity index (χ3n) is 9.63. The van der Waals surface area contributed by atoms with Crippen LogP contribution in [0.3, 0.4) is 0 Å². The molecule has 294 valence electrons. The number of hydrogen-bond acceptors (Lipinski definition) is 7. The summed E-state index contributed by atoms with van der Waals surface area (Å²) in [4.78, 5) is 91.5. The van der Waals surface area contributed by atoms with Gasteiger partial charge in [0, 0.05) is 24.3 Å². The summed E-state index contributed by atoms with van der Waals surface area (Å²) < 4.78 is 0. The Morgan fingerprint density at radius 1 is 0.870 bits per heavy atom.